The van der Waals surface area contributed by atoms with Crippen LogP contribution in [0.4, 0.5) is 5.82 Å². The summed E-state index contributed by atoms with van der Waals surface area (Å²) in [5, 5.41) is 9.21. The molecule has 0 atom stereocenters. The zero-order chi connectivity index (χ0) is 13.3. The van der Waals surface area contributed by atoms with Crippen molar-refractivity contribution in [3.05, 3.63) is 41.6 Å². The summed E-state index contributed by atoms with van der Waals surface area (Å²) in [4.78, 5) is -0.0987. The highest BCUT2D eigenvalue weighted by Gasteiger charge is 2.21. The highest BCUT2D eigenvalue weighted by atomic mass is 32.2. The normalized spacial score (nSPS) is 11.7. The highest BCUT2D eigenvalue weighted by molar-refractivity contribution is 7.89. The lowest BCUT2D eigenvalue weighted by Gasteiger charge is -2.04. The second kappa shape index (κ2) is 4.43. The van der Waals surface area contributed by atoms with E-state index in [1.807, 2.05) is 30.3 Å². The molecule has 0 amide bonds. The van der Waals surface area contributed by atoms with Crippen LogP contribution in [0.25, 0.3) is 0 Å². The Kier molecular flexibility index (Phi) is 3.10. The first kappa shape index (κ1) is 12.6. The molecule has 96 valence electrons. The quantitative estimate of drug-likeness (QED) is 0.842. The smallest absolute Gasteiger partial charge is 0.243 e. The molecule has 18 heavy (non-hydrogen) atoms. The third-order valence-corrected chi connectivity index (χ3v) is 3.64. The van der Waals surface area contributed by atoms with Crippen LogP contribution in [0.15, 0.2) is 35.2 Å². The van der Waals surface area contributed by atoms with Gasteiger partial charge in [-0.2, -0.15) is 5.10 Å². The van der Waals surface area contributed by atoms with Crippen molar-refractivity contribution in [1.82, 2.24) is 9.78 Å². The maximum absolute atomic E-state index is 11.4. The zero-order valence-electron chi connectivity index (χ0n) is 9.87. The van der Waals surface area contributed by atoms with E-state index in [2.05, 4.69) is 5.10 Å². The molecule has 0 fully saturated rings. The van der Waals surface area contributed by atoms with Crippen LogP contribution in [0.2, 0.25) is 0 Å². The van der Waals surface area contributed by atoms with Gasteiger partial charge in [0.1, 0.15) is 10.7 Å². The molecule has 0 radical (unpaired) electrons. The Balaban J connectivity index is 2.43. The Hall–Kier alpha value is -1.86. The summed E-state index contributed by atoms with van der Waals surface area (Å²) in [5.74, 6) is 0.0684. The fourth-order valence-electron chi connectivity index (χ4n) is 1.81. The molecule has 4 N–H and O–H groups in total. The first-order valence-electron chi connectivity index (χ1n) is 5.29. The predicted octanol–water partition coefficient (Wildman–Crippen LogP) is 0.469. The molecule has 7 heteroatoms. The van der Waals surface area contributed by atoms with Crippen molar-refractivity contribution < 1.29 is 8.42 Å². The first-order valence-corrected chi connectivity index (χ1v) is 6.84. The molecule has 1 heterocycles. The average molecular weight is 266 g/mol. The van der Waals surface area contributed by atoms with E-state index in [4.69, 9.17) is 10.9 Å². The Morgan fingerprint density at radius 2 is 1.89 bits per heavy atom. The second-order valence-electron chi connectivity index (χ2n) is 3.99. The molecule has 6 nitrogen and oxygen atoms in total. The molecule has 0 saturated carbocycles. The number of hydrogen-bond acceptors (Lipinski definition) is 4. The largest absolute Gasteiger partial charge is 0.383 e. The molecule has 0 saturated heterocycles. The van der Waals surface area contributed by atoms with E-state index in [1.165, 1.54) is 4.68 Å². The number of hydrogen-bond donors (Lipinski definition) is 2. The number of aryl methyl sites for hydroxylation is 1. The van der Waals surface area contributed by atoms with Gasteiger partial charge in [-0.15, -0.1) is 0 Å². The molecule has 0 aliphatic carbocycles. The topological polar surface area (TPSA) is 104 Å². The maximum Gasteiger partial charge on any atom is 0.243 e. The first-order chi connectivity index (χ1) is 8.39. The van der Waals surface area contributed by atoms with Crippen molar-refractivity contribution in [3.8, 4) is 0 Å². The third-order valence-electron chi connectivity index (χ3n) is 2.57. The van der Waals surface area contributed by atoms with Gasteiger partial charge in [0.15, 0.2) is 0 Å². The summed E-state index contributed by atoms with van der Waals surface area (Å²) in [7, 11) is -3.84. The number of nitrogens with two attached hydrogens (primary N) is 2. The summed E-state index contributed by atoms with van der Waals surface area (Å²) in [5.41, 5.74) is 7.07. The van der Waals surface area contributed by atoms with Gasteiger partial charge in [0.25, 0.3) is 0 Å². The third kappa shape index (κ3) is 2.36. The van der Waals surface area contributed by atoms with Crippen molar-refractivity contribution in [2.45, 2.75) is 18.4 Å². The van der Waals surface area contributed by atoms with E-state index in [0.717, 1.165) is 5.56 Å². The Labute approximate surface area is 105 Å². The van der Waals surface area contributed by atoms with E-state index in [9.17, 15) is 8.42 Å². The van der Waals surface area contributed by atoms with Gasteiger partial charge in [0, 0.05) is 0 Å². The van der Waals surface area contributed by atoms with E-state index < -0.39 is 10.0 Å². The standard InChI is InChI=1S/C11H14N4O2S/c1-8-10(18(13,16)17)11(12)15(14-8)7-9-5-3-2-4-6-9/h2-6H,7,12H2,1H3,(H2,13,16,17). The SMILES string of the molecule is Cc1nn(Cc2ccccc2)c(N)c1S(N)(=O)=O. The molecule has 0 aliphatic rings. The number of benzene rings is 1. The monoisotopic (exact) mass is 266 g/mol. The van der Waals surface area contributed by atoms with Crippen LogP contribution in [0, 0.1) is 6.92 Å². The number of primary sulfonamides is 1. The van der Waals surface area contributed by atoms with Crippen LogP contribution >= 0.6 is 0 Å². The number of aromatic nitrogens is 2. The van der Waals surface area contributed by atoms with E-state index in [0.29, 0.717) is 12.2 Å². The summed E-state index contributed by atoms with van der Waals surface area (Å²) in [6, 6.07) is 9.50. The molecule has 0 aliphatic heterocycles. The molecular weight excluding hydrogens is 252 g/mol. The van der Waals surface area contributed by atoms with E-state index in [-0.39, 0.29) is 10.7 Å². The lowest BCUT2D eigenvalue weighted by Crippen LogP contribution is -2.15. The predicted molar refractivity (Wildman–Crippen MR) is 68.3 cm³/mol. The van der Waals surface area contributed by atoms with Crippen molar-refractivity contribution in [2.24, 2.45) is 5.14 Å². The molecular formula is C11H14N4O2S. The van der Waals surface area contributed by atoms with Gasteiger partial charge in [-0.05, 0) is 12.5 Å². The Morgan fingerprint density at radius 1 is 1.28 bits per heavy atom. The molecule has 1 aromatic heterocycles. The molecule has 1 aromatic carbocycles. The molecule has 2 aromatic rings. The highest BCUT2D eigenvalue weighted by Crippen LogP contribution is 2.21. The average Bonchev–Trinajstić information content (AvgIpc) is 2.54. The van der Waals surface area contributed by atoms with Gasteiger partial charge in [-0.25, -0.2) is 18.2 Å². The van der Waals surface area contributed by atoms with Crippen molar-refractivity contribution in [3.63, 3.8) is 0 Å². The maximum atomic E-state index is 11.4. The minimum atomic E-state index is -3.84. The van der Waals surface area contributed by atoms with Gasteiger partial charge in [-0.1, -0.05) is 30.3 Å². The molecule has 0 spiro atoms. The van der Waals surface area contributed by atoms with E-state index >= 15 is 0 Å². The number of nitrogen functional groups attached to an aromatic ring is 1. The van der Waals surface area contributed by atoms with Gasteiger partial charge in [0.2, 0.25) is 10.0 Å². The fraction of sp³-hybridized carbons (Fsp3) is 0.182. The van der Waals surface area contributed by atoms with Crippen molar-refractivity contribution in [1.29, 1.82) is 0 Å². The summed E-state index contributed by atoms with van der Waals surface area (Å²) >= 11 is 0. The van der Waals surface area contributed by atoms with Crippen molar-refractivity contribution in [2.75, 3.05) is 5.73 Å². The zero-order valence-corrected chi connectivity index (χ0v) is 10.7. The van der Waals surface area contributed by atoms with Crippen LogP contribution < -0.4 is 10.9 Å². The summed E-state index contributed by atoms with van der Waals surface area (Å²) < 4.78 is 24.2. The Bertz CT molecular complexity index is 662. The van der Waals surface area contributed by atoms with E-state index in [1.54, 1.807) is 6.92 Å². The molecule has 2 rings (SSSR count). The molecule has 0 bridgehead atoms. The van der Waals surface area contributed by atoms with Crippen LogP contribution in [0.5, 0.6) is 0 Å². The van der Waals surface area contributed by atoms with Gasteiger partial charge >= 0.3 is 0 Å². The summed E-state index contributed by atoms with van der Waals surface area (Å²) in [6.07, 6.45) is 0. The second-order valence-corrected chi connectivity index (χ2v) is 5.49. The van der Waals surface area contributed by atoms with Gasteiger partial charge in [-0.3, -0.25) is 0 Å². The lowest BCUT2D eigenvalue weighted by molar-refractivity contribution is 0.597. The fourth-order valence-corrected chi connectivity index (χ4v) is 2.66. The molecule has 0 unspecified atom stereocenters. The van der Waals surface area contributed by atoms with Crippen LogP contribution in [0.1, 0.15) is 11.3 Å². The number of sulfonamides is 1. The lowest BCUT2D eigenvalue weighted by atomic mass is 10.2. The van der Waals surface area contributed by atoms with Crippen LogP contribution in [-0.4, -0.2) is 18.2 Å². The minimum absolute atomic E-state index is 0.0684. The Morgan fingerprint density at radius 3 is 2.39 bits per heavy atom. The number of rotatable bonds is 3. The number of anilines is 1. The van der Waals surface area contributed by atoms with Crippen LogP contribution in [-0.2, 0) is 16.6 Å². The minimum Gasteiger partial charge on any atom is -0.383 e. The number of nitrogens with zero attached hydrogens (tertiary/aromatic N) is 2. The van der Waals surface area contributed by atoms with Crippen LogP contribution in [0.3, 0.4) is 0 Å². The van der Waals surface area contributed by atoms with Crippen molar-refractivity contribution >= 4 is 15.8 Å². The summed E-state index contributed by atoms with van der Waals surface area (Å²) in [6.45, 7) is 1.97. The van der Waals surface area contributed by atoms with Gasteiger partial charge < -0.3 is 5.73 Å². The van der Waals surface area contributed by atoms with Gasteiger partial charge in [0.05, 0.1) is 12.2 Å².